The summed E-state index contributed by atoms with van der Waals surface area (Å²) in [5.74, 6) is 0. The summed E-state index contributed by atoms with van der Waals surface area (Å²) in [7, 11) is 1.75. The molecular formula is C11H17F3N2S. The maximum absolute atomic E-state index is 12.4. The molecule has 0 spiro atoms. The van der Waals surface area contributed by atoms with Crippen LogP contribution in [-0.2, 0) is 6.18 Å². The van der Waals surface area contributed by atoms with Crippen LogP contribution in [0.2, 0.25) is 0 Å². The van der Waals surface area contributed by atoms with Gasteiger partial charge in [0.1, 0.15) is 0 Å². The van der Waals surface area contributed by atoms with Gasteiger partial charge < -0.3 is 5.32 Å². The molecule has 1 aromatic heterocycles. The van der Waals surface area contributed by atoms with E-state index in [-0.39, 0.29) is 11.5 Å². The molecular weight excluding hydrogens is 249 g/mol. The maximum Gasteiger partial charge on any atom is 0.443 e. The minimum atomic E-state index is -4.34. The van der Waals surface area contributed by atoms with Gasteiger partial charge >= 0.3 is 6.18 Å². The number of alkyl halides is 3. The normalized spacial score (nSPS) is 15.0. The predicted octanol–water partition coefficient (Wildman–Crippen LogP) is 3.86. The lowest BCUT2D eigenvalue weighted by Crippen LogP contribution is -2.21. The van der Waals surface area contributed by atoms with E-state index in [1.807, 2.05) is 0 Å². The van der Waals surface area contributed by atoms with Crippen LogP contribution in [0.5, 0.6) is 0 Å². The molecule has 0 radical (unpaired) electrons. The zero-order valence-corrected chi connectivity index (χ0v) is 11.2. The van der Waals surface area contributed by atoms with E-state index in [2.05, 4.69) is 31.1 Å². The van der Waals surface area contributed by atoms with E-state index in [1.54, 1.807) is 7.05 Å². The van der Waals surface area contributed by atoms with Gasteiger partial charge in [0.15, 0.2) is 5.01 Å². The minimum Gasteiger partial charge on any atom is -0.312 e. The van der Waals surface area contributed by atoms with Crippen LogP contribution in [0.15, 0.2) is 6.20 Å². The first-order chi connectivity index (χ1) is 7.63. The number of hydrogen-bond donors (Lipinski definition) is 1. The van der Waals surface area contributed by atoms with Crippen molar-refractivity contribution in [1.82, 2.24) is 10.3 Å². The second-order valence-electron chi connectivity index (χ2n) is 5.17. The van der Waals surface area contributed by atoms with Crippen molar-refractivity contribution < 1.29 is 13.2 Å². The van der Waals surface area contributed by atoms with Gasteiger partial charge in [-0.3, -0.25) is 0 Å². The van der Waals surface area contributed by atoms with Gasteiger partial charge in [-0.2, -0.15) is 13.2 Å². The molecule has 98 valence electrons. The number of aromatic nitrogens is 1. The molecule has 17 heavy (non-hydrogen) atoms. The van der Waals surface area contributed by atoms with Crippen LogP contribution in [0.1, 0.15) is 43.1 Å². The molecule has 1 atom stereocenters. The van der Waals surface area contributed by atoms with E-state index in [0.29, 0.717) is 16.2 Å². The number of hydrogen-bond acceptors (Lipinski definition) is 3. The topological polar surface area (TPSA) is 24.9 Å². The van der Waals surface area contributed by atoms with E-state index in [4.69, 9.17) is 0 Å². The van der Waals surface area contributed by atoms with Gasteiger partial charge in [-0.25, -0.2) is 4.98 Å². The largest absolute Gasteiger partial charge is 0.443 e. The summed E-state index contributed by atoms with van der Waals surface area (Å²) >= 11 is 0.715. The van der Waals surface area contributed by atoms with Gasteiger partial charge in [-0.15, -0.1) is 11.3 Å². The quantitative estimate of drug-likeness (QED) is 0.898. The lowest BCUT2D eigenvalue weighted by molar-refractivity contribution is -0.137. The highest BCUT2D eigenvalue weighted by molar-refractivity contribution is 7.11. The number of nitrogens with zero attached hydrogens (tertiary/aromatic N) is 1. The molecule has 0 aromatic carbocycles. The second-order valence-corrected chi connectivity index (χ2v) is 6.23. The fraction of sp³-hybridized carbons (Fsp3) is 0.727. The summed E-state index contributed by atoms with van der Waals surface area (Å²) in [5, 5.41) is 2.27. The van der Waals surface area contributed by atoms with Crippen molar-refractivity contribution in [3.8, 4) is 0 Å². The molecule has 0 saturated heterocycles. The van der Waals surface area contributed by atoms with Gasteiger partial charge in [0.05, 0.1) is 0 Å². The first kappa shape index (κ1) is 14.4. The first-order valence-corrected chi connectivity index (χ1v) is 6.15. The highest BCUT2D eigenvalue weighted by Gasteiger charge is 2.35. The van der Waals surface area contributed by atoms with Crippen molar-refractivity contribution >= 4 is 11.3 Å². The van der Waals surface area contributed by atoms with Crippen LogP contribution in [-0.4, -0.2) is 12.0 Å². The lowest BCUT2D eigenvalue weighted by Gasteiger charge is -2.24. The molecule has 0 aliphatic heterocycles. The average molecular weight is 266 g/mol. The Bertz CT molecular complexity index is 366. The lowest BCUT2D eigenvalue weighted by atomic mass is 9.88. The minimum absolute atomic E-state index is 0.0516. The SMILES string of the molecule is CNC(CC(C)(C)C)c1cnc(C(F)(F)F)s1. The Morgan fingerprint density at radius 3 is 2.29 bits per heavy atom. The Morgan fingerprint density at radius 2 is 1.94 bits per heavy atom. The van der Waals surface area contributed by atoms with Crippen LogP contribution in [0.25, 0.3) is 0 Å². The highest BCUT2D eigenvalue weighted by Crippen LogP contribution is 2.37. The second kappa shape index (κ2) is 4.94. The van der Waals surface area contributed by atoms with Crippen molar-refractivity contribution in [2.45, 2.75) is 39.4 Å². The van der Waals surface area contributed by atoms with Crippen LogP contribution < -0.4 is 5.32 Å². The smallest absolute Gasteiger partial charge is 0.312 e. The van der Waals surface area contributed by atoms with E-state index >= 15 is 0 Å². The third-order valence-electron chi connectivity index (χ3n) is 2.27. The van der Waals surface area contributed by atoms with Crippen molar-refractivity contribution in [2.75, 3.05) is 7.05 Å². The van der Waals surface area contributed by atoms with Gasteiger partial charge in [0, 0.05) is 17.1 Å². The molecule has 0 bridgehead atoms. The molecule has 0 aliphatic rings. The molecule has 0 saturated carbocycles. The Labute approximate surface area is 103 Å². The Kier molecular flexibility index (Phi) is 4.19. The number of thiazole rings is 1. The van der Waals surface area contributed by atoms with E-state index in [1.165, 1.54) is 6.20 Å². The van der Waals surface area contributed by atoms with Gasteiger partial charge in [0.2, 0.25) is 0 Å². The Balaban J connectivity index is 2.87. The zero-order valence-electron chi connectivity index (χ0n) is 10.4. The van der Waals surface area contributed by atoms with Crippen molar-refractivity contribution in [2.24, 2.45) is 5.41 Å². The summed E-state index contributed by atoms with van der Waals surface area (Å²) < 4.78 is 37.3. The zero-order chi connectivity index (χ0) is 13.3. The Morgan fingerprint density at radius 1 is 1.35 bits per heavy atom. The molecule has 0 aliphatic carbocycles. The summed E-state index contributed by atoms with van der Waals surface area (Å²) in [6, 6.07) is -0.0800. The van der Waals surface area contributed by atoms with Gasteiger partial charge in [-0.05, 0) is 18.9 Å². The average Bonchev–Trinajstić information content (AvgIpc) is 2.60. The van der Waals surface area contributed by atoms with Crippen molar-refractivity contribution in [3.05, 3.63) is 16.1 Å². The third-order valence-corrected chi connectivity index (χ3v) is 3.43. The van der Waals surface area contributed by atoms with Gasteiger partial charge in [0.25, 0.3) is 0 Å². The Hall–Kier alpha value is -0.620. The molecule has 1 N–H and O–H groups in total. The molecule has 0 amide bonds. The molecule has 0 fully saturated rings. The summed E-state index contributed by atoms with van der Waals surface area (Å²) in [4.78, 5) is 4.07. The summed E-state index contributed by atoms with van der Waals surface area (Å²) in [5.41, 5.74) is 0.0516. The van der Waals surface area contributed by atoms with E-state index < -0.39 is 11.2 Å². The molecule has 1 heterocycles. The molecule has 6 heteroatoms. The van der Waals surface area contributed by atoms with Crippen molar-refractivity contribution in [3.63, 3.8) is 0 Å². The van der Waals surface area contributed by atoms with Crippen LogP contribution in [0, 0.1) is 5.41 Å². The van der Waals surface area contributed by atoms with Crippen LogP contribution in [0.4, 0.5) is 13.2 Å². The summed E-state index contributed by atoms with van der Waals surface area (Å²) in [6.45, 7) is 6.18. The highest BCUT2D eigenvalue weighted by atomic mass is 32.1. The molecule has 1 rings (SSSR count). The fourth-order valence-corrected chi connectivity index (χ4v) is 2.43. The standard InChI is InChI=1S/C11H17F3N2S/c1-10(2,3)5-7(15-4)8-6-16-9(17-8)11(12,13)14/h6-7,15H,5H2,1-4H3. The number of halogens is 3. The fourth-order valence-electron chi connectivity index (χ4n) is 1.54. The van der Waals surface area contributed by atoms with Crippen LogP contribution in [0.3, 0.4) is 0 Å². The number of rotatable bonds is 3. The first-order valence-electron chi connectivity index (χ1n) is 5.33. The van der Waals surface area contributed by atoms with Crippen molar-refractivity contribution in [1.29, 1.82) is 0 Å². The molecule has 1 unspecified atom stereocenters. The van der Waals surface area contributed by atoms with E-state index in [0.717, 1.165) is 6.42 Å². The van der Waals surface area contributed by atoms with Gasteiger partial charge in [-0.1, -0.05) is 20.8 Å². The summed E-state index contributed by atoms with van der Waals surface area (Å²) in [6.07, 6.45) is -2.26. The predicted molar refractivity (Wildman–Crippen MR) is 63.0 cm³/mol. The van der Waals surface area contributed by atoms with E-state index in [9.17, 15) is 13.2 Å². The monoisotopic (exact) mass is 266 g/mol. The third kappa shape index (κ3) is 4.27. The molecule has 1 aromatic rings. The van der Waals surface area contributed by atoms with Crippen LogP contribution >= 0.6 is 11.3 Å². The maximum atomic E-state index is 12.4. The number of nitrogens with one attached hydrogen (secondary N) is 1. The molecule has 2 nitrogen and oxygen atoms in total.